The molecule has 2 rings (SSSR count). The number of rotatable bonds is 0. The molecule has 1 aromatic carbocycles. The van der Waals surface area contributed by atoms with Crippen molar-refractivity contribution < 1.29 is 4.48 Å². The van der Waals surface area contributed by atoms with E-state index >= 15 is 0 Å². The summed E-state index contributed by atoms with van der Waals surface area (Å²) in [5.41, 5.74) is 1.48. The average Bonchev–Trinajstić information content (AvgIpc) is 2.45. The zero-order chi connectivity index (χ0) is 9.42. The molecular weight excluding hydrogens is 167 g/mol. The standard InChI is InChI=1S/C10H7FN2/c1-7-3-2-4-10-9(7)5-8(6-12)13(10)11/h2-5H,1H3. The molecule has 0 fully saturated rings. The summed E-state index contributed by atoms with van der Waals surface area (Å²) in [6, 6.07) is 8.68. The number of aryl methyl sites for hydroxylation is 1. The van der Waals surface area contributed by atoms with Crippen LogP contribution < -0.4 is 0 Å². The molecule has 1 aromatic heterocycles. The van der Waals surface area contributed by atoms with Gasteiger partial charge in [0.1, 0.15) is 6.07 Å². The number of benzene rings is 1. The van der Waals surface area contributed by atoms with Crippen molar-refractivity contribution in [2.75, 3.05) is 0 Å². The van der Waals surface area contributed by atoms with Gasteiger partial charge in [0.25, 0.3) is 0 Å². The molecule has 1 heterocycles. The Morgan fingerprint density at radius 2 is 2.23 bits per heavy atom. The minimum absolute atomic E-state index is 0.0456. The van der Waals surface area contributed by atoms with Gasteiger partial charge in [-0.3, -0.25) is 0 Å². The highest BCUT2D eigenvalue weighted by Crippen LogP contribution is 2.22. The van der Waals surface area contributed by atoms with Crippen LogP contribution in [0, 0.1) is 18.3 Å². The maximum atomic E-state index is 13.3. The molecule has 2 aromatic rings. The second-order valence-corrected chi connectivity index (χ2v) is 2.93. The molecule has 64 valence electrons. The van der Waals surface area contributed by atoms with E-state index < -0.39 is 0 Å². The van der Waals surface area contributed by atoms with E-state index in [1.165, 1.54) is 0 Å². The Bertz CT molecular complexity index is 505. The summed E-state index contributed by atoms with van der Waals surface area (Å²) in [6.07, 6.45) is 0. The van der Waals surface area contributed by atoms with Crippen LogP contribution in [0.25, 0.3) is 10.9 Å². The maximum absolute atomic E-state index is 13.3. The summed E-state index contributed by atoms with van der Waals surface area (Å²) in [4.78, 5) is 0.419. The van der Waals surface area contributed by atoms with Gasteiger partial charge in [0.2, 0.25) is 0 Å². The minimum atomic E-state index is 0.0456. The van der Waals surface area contributed by atoms with E-state index in [0.29, 0.717) is 10.3 Å². The van der Waals surface area contributed by atoms with Crippen LogP contribution in [0.3, 0.4) is 0 Å². The molecule has 0 aliphatic rings. The number of hydrogen-bond acceptors (Lipinski definition) is 1. The normalized spacial score (nSPS) is 10.2. The molecule has 0 N–H and O–H groups in total. The molecule has 0 bridgehead atoms. The second-order valence-electron chi connectivity index (χ2n) is 2.93. The predicted molar refractivity (Wildman–Crippen MR) is 47.9 cm³/mol. The lowest BCUT2D eigenvalue weighted by atomic mass is 10.1. The molecule has 0 amide bonds. The van der Waals surface area contributed by atoms with Gasteiger partial charge in [-0.25, -0.2) is 0 Å². The first-order chi connectivity index (χ1) is 6.24. The van der Waals surface area contributed by atoms with Crippen molar-refractivity contribution in [2.24, 2.45) is 0 Å². The highest BCUT2D eigenvalue weighted by Gasteiger charge is 2.08. The number of nitrogens with zero attached hydrogens (tertiary/aromatic N) is 2. The summed E-state index contributed by atoms with van der Waals surface area (Å²) in [7, 11) is 0. The van der Waals surface area contributed by atoms with E-state index in [-0.39, 0.29) is 5.69 Å². The molecular formula is C10H7FN2. The van der Waals surface area contributed by atoms with Gasteiger partial charge in [0.05, 0.1) is 5.52 Å². The first-order valence-electron chi connectivity index (χ1n) is 3.91. The largest absolute Gasteiger partial charge is 0.191 e. The molecule has 0 saturated heterocycles. The smallest absolute Gasteiger partial charge is 0.152 e. The van der Waals surface area contributed by atoms with Gasteiger partial charge in [0, 0.05) is 5.39 Å². The molecule has 0 unspecified atom stereocenters. The van der Waals surface area contributed by atoms with E-state index in [0.717, 1.165) is 10.9 Å². The summed E-state index contributed by atoms with van der Waals surface area (Å²) in [5.74, 6) is 0. The molecule has 0 radical (unpaired) electrons. The maximum Gasteiger partial charge on any atom is 0.152 e. The Kier molecular flexibility index (Phi) is 1.56. The first kappa shape index (κ1) is 7.81. The van der Waals surface area contributed by atoms with Crippen LogP contribution in [0.4, 0.5) is 4.48 Å². The average molecular weight is 174 g/mol. The number of nitriles is 1. The zero-order valence-corrected chi connectivity index (χ0v) is 7.08. The lowest BCUT2D eigenvalue weighted by Gasteiger charge is -1.94. The molecule has 0 aliphatic heterocycles. The zero-order valence-electron chi connectivity index (χ0n) is 7.08. The Hall–Kier alpha value is -1.82. The Morgan fingerprint density at radius 1 is 1.46 bits per heavy atom. The third kappa shape index (κ3) is 0.994. The summed E-state index contributed by atoms with van der Waals surface area (Å²) >= 11 is 0. The van der Waals surface area contributed by atoms with Crippen LogP contribution in [0.15, 0.2) is 24.3 Å². The SMILES string of the molecule is Cc1cccc2c1cc(C#N)n2F. The van der Waals surface area contributed by atoms with Crippen LogP contribution in [0.1, 0.15) is 11.3 Å². The fourth-order valence-corrected chi connectivity index (χ4v) is 1.42. The molecule has 13 heavy (non-hydrogen) atoms. The van der Waals surface area contributed by atoms with Crippen molar-refractivity contribution in [3.8, 4) is 6.07 Å². The van der Waals surface area contributed by atoms with Gasteiger partial charge in [-0.15, -0.1) is 0 Å². The minimum Gasteiger partial charge on any atom is -0.191 e. The number of aromatic nitrogens is 1. The van der Waals surface area contributed by atoms with Gasteiger partial charge in [-0.05, 0) is 24.6 Å². The quantitative estimate of drug-likeness (QED) is 0.603. The number of hydrogen-bond donors (Lipinski definition) is 0. The highest BCUT2D eigenvalue weighted by molar-refractivity contribution is 5.85. The lowest BCUT2D eigenvalue weighted by Crippen LogP contribution is -1.84. The van der Waals surface area contributed by atoms with Crippen molar-refractivity contribution in [1.82, 2.24) is 4.79 Å². The topological polar surface area (TPSA) is 28.7 Å². The van der Waals surface area contributed by atoms with Gasteiger partial charge >= 0.3 is 0 Å². The van der Waals surface area contributed by atoms with Crippen LogP contribution in [-0.4, -0.2) is 4.79 Å². The summed E-state index contributed by atoms with van der Waals surface area (Å²) in [5, 5.41) is 9.39. The molecule has 0 saturated carbocycles. The van der Waals surface area contributed by atoms with Crippen molar-refractivity contribution in [2.45, 2.75) is 6.92 Å². The van der Waals surface area contributed by atoms with Crippen LogP contribution >= 0.6 is 0 Å². The van der Waals surface area contributed by atoms with Crippen LogP contribution in [0.5, 0.6) is 0 Å². The third-order valence-corrected chi connectivity index (χ3v) is 2.12. The van der Waals surface area contributed by atoms with Crippen molar-refractivity contribution in [1.29, 1.82) is 5.26 Å². The Morgan fingerprint density at radius 3 is 2.85 bits per heavy atom. The van der Waals surface area contributed by atoms with Crippen molar-refractivity contribution >= 4 is 10.9 Å². The summed E-state index contributed by atoms with van der Waals surface area (Å²) in [6.45, 7) is 1.89. The highest BCUT2D eigenvalue weighted by atomic mass is 19.2. The lowest BCUT2D eigenvalue weighted by molar-refractivity contribution is 0.383. The fraction of sp³-hybridized carbons (Fsp3) is 0.100. The monoisotopic (exact) mass is 174 g/mol. The fourth-order valence-electron chi connectivity index (χ4n) is 1.42. The Balaban J connectivity index is 2.94. The Labute approximate surface area is 74.8 Å². The predicted octanol–water partition coefficient (Wildman–Crippen LogP) is 2.55. The number of halogens is 1. The van der Waals surface area contributed by atoms with E-state index in [2.05, 4.69) is 0 Å². The molecule has 2 nitrogen and oxygen atoms in total. The summed E-state index contributed by atoms with van der Waals surface area (Å²) < 4.78 is 13.3. The molecule has 3 heteroatoms. The molecule has 0 aliphatic carbocycles. The van der Waals surface area contributed by atoms with Gasteiger partial charge in [0.15, 0.2) is 5.69 Å². The van der Waals surface area contributed by atoms with Crippen LogP contribution in [-0.2, 0) is 0 Å². The van der Waals surface area contributed by atoms with Crippen LogP contribution in [0.2, 0.25) is 0 Å². The van der Waals surface area contributed by atoms with E-state index in [1.807, 2.05) is 13.0 Å². The third-order valence-electron chi connectivity index (χ3n) is 2.12. The van der Waals surface area contributed by atoms with Crippen molar-refractivity contribution in [3.05, 3.63) is 35.5 Å². The van der Waals surface area contributed by atoms with Gasteiger partial charge < -0.3 is 0 Å². The second kappa shape index (κ2) is 2.60. The number of fused-ring (bicyclic) bond motifs is 1. The van der Waals surface area contributed by atoms with E-state index in [9.17, 15) is 4.48 Å². The van der Waals surface area contributed by atoms with E-state index in [4.69, 9.17) is 5.26 Å². The van der Waals surface area contributed by atoms with Gasteiger partial charge in [-0.1, -0.05) is 16.6 Å². The van der Waals surface area contributed by atoms with E-state index in [1.54, 1.807) is 24.3 Å². The first-order valence-corrected chi connectivity index (χ1v) is 3.91. The molecule has 0 spiro atoms. The van der Waals surface area contributed by atoms with Crippen molar-refractivity contribution in [3.63, 3.8) is 0 Å². The van der Waals surface area contributed by atoms with Gasteiger partial charge in [-0.2, -0.15) is 10.1 Å². The molecule has 0 atom stereocenters.